The highest BCUT2D eigenvalue weighted by molar-refractivity contribution is 6.07. The molecule has 0 N–H and O–H groups in total. The van der Waals surface area contributed by atoms with Crippen molar-refractivity contribution in [2.45, 2.75) is 13.2 Å². The molecular formula is C18H22N4O6. The number of rotatable bonds is 6. The van der Waals surface area contributed by atoms with Gasteiger partial charge in [0.15, 0.2) is 11.5 Å². The summed E-state index contributed by atoms with van der Waals surface area (Å²) in [7, 11) is 9.02. The standard InChI is InChI=1S/C18H22N4O6/c1-21-9(7-25-3)19-13-11(17(21)23)15(27-5)14-12(16(13)28-6)18(24)22(2)10(20-14)8-26-4/h7-8H2,1-6H3. The van der Waals surface area contributed by atoms with E-state index in [0.29, 0.717) is 11.6 Å². The summed E-state index contributed by atoms with van der Waals surface area (Å²) in [4.78, 5) is 35.2. The third kappa shape index (κ3) is 2.81. The van der Waals surface area contributed by atoms with Gasteiger partial charge in [0.1, 0.15) is 46.7 Å². The van der Waals surface area contributed by atoms with Crippen LogP contribution in [0.1, 0.15) is 11.6 Å². The Bertz CT molecular complexity index is 1090. The number of aromatic nitrogens is 4. The Morgan fingerprint density at radius 2 is 1.07 bits per heavy atom. The number of benzene rings is 1. The molecule has 0 amide bonds. The fourth-order valence-electron chi connectivity index (χ4n) is 3.18. The van der Waals surface area contributed by atoms with Crippen molar-refractivity contribution in [3.63, 3.8) is 0 Å². The number of hydrogen-bond donors (Lipinski definition) is 0. The Morgan fingerprint density at radius 1 is 0.714 bits per heavy atom. The quantitative estimate of drug-likeness (QED) is 0.560. The number of ether oxygens (including phenoxy) is 4. The molecule has 0 unspecified atom stereocenters. The van der Waals surface area contributed by atoms with Crippen molar-refractivity contribution in [2.24, 2.45) is 14.1 Å². The van der Waals surface area contributed by atoms with Gasteiger partial charge in [-0.2, -0.15) is 0 Å². The first-order valence-electron chi connectivity index (χ1n) is 8.42. The van der Waals surface area contributed by atoms with Gasteiger partial charge >= 0.3 is 0 Å². The zero-order chi connectivity index (χ0) is 20.6. The summed E-state index contributed by atoms with van der Waals surface area (Å²) in [5.74, 6) is 1.11. The molecule has 0 radical (unpaired) electrons. The summed E-state index contributed by atoms with van der Waals surface area (Å²) in [6.45, 7) is 0.239. The fraction of sp³-hybridized carbons (Fsp3) is 0.444. The molecule has 150 valence electrons. The molecule has 28 heavy (non-hydrogen) atoms. The van der Waals surface area contributed by atoms with Crippen LogP contribution in [0.3, 0.4) is 0 Å². The van der Waals surface area contributed by atoms with Crippen LogP contribution in [0.5, 0.6) is 11.5 Å². The second-order valence-corrected chi connectivity index (χ2v) is 6.16. The molecule has 2 aromatic heterocycles. The lowest BCUT2D eigenvalue weighted by molar-refractivity contribution is 0.174. The number of methoxy groups -OCH3 is 4. The van der Waals surface area contributed by atoms with Crippen molar-refractivity contribution >= 4 is 21.8 Å². The lowest BCUT2D eigenvalue weighted by atomic mass is 10.1. The zero-order valence-corrected chi connectivity index (χ0v) is 16.7. The van der Waals surface area contributed by atoms with Crippen LogP contribution in [0.25, 0.3) is 21.8 Å². The monoisotopic (exact) mass is 390 g/mol. The van der Waals surface area contributed by atoms with Crippen LogP contribution in [-0.4, -0.2) is 47.5 Å². The molecule has 0 aliphatic rings. The van der Waals surface area contributed by atoms with Gasteiger partial charge in [0.05, 0.1) is 14.2 Å². The smallest absolute Gasteiger partial charge is 0.265 e. The Hall–Kier alpha value is -2.98. The maximum Gasteiger partial charge on any atom is 0.265 e. The van der Waals surface area contributed by atoms with E-state index < -0.39 is 0 Å². The van der Waals surface area contributed by atoms with Gasteiger partial charge in [-0.3, -0.25) is 18.7 Å². The molecule has 0 fully saturated rings. The molecular weight excluding hydrogens is 368 g/mol. The molecule has 10 nitrogen and oxygen atoms in total. The highest BCUT2D eigenvalue weighted by Crippen LogP contribution is 2.37. The number of hydrogen-bond acceptors (Lipinski definition) is 8. The van der Waals surface area contributed by atoms with Crippen LogP contribution in [0.15, 0.2) is 9.59 Å². The van der Waals surface area contributed by atoms with Crippen LogP contribution in [0.4, 0.5) is 0 Å². The Morgan fingerprint density at radius 3 is 1.36 bits per heavy atom. The Labute approximate surface area is 160 Å². The molecule has 2 heterocycles. The molecule has 3 aromatic rings. The summed E-state index contributed by atoms with van der Waals surface area (Å²) >= 11 is 0. The van der Waals surface area contributed by atoms with E-state index in [-0.39, 0.29) is 57.6 Å². The van der Waals surface area contributed by atoms with Gasteiger partial charge in [0, 0.05) is 28.3 Å². The lowest BCUT2D eigenvalue weighted by Crippen LogP contribution is -2.26. The SMILES string of the molecule is COCc1nc2c(OC)c3c(=O)n(C)c(COC)nc3c(OC)c2c(=O)n1C. The van der Waals surface area contributed by atoms with Gasteiger partial charge in [-0.05, 0) is 0 Å². The van der Waals surface area contributed by atoms with Gasteiger partial charge < -0.3 is 18.9 Å². The summed E-state index contributed by atoms with van der Waals surface area (Å²) < 4.78 is 24.0. The third-order valence-electron chi connectivity index (χ3n) is 4.61. The van der Waals surface area contributed by atoms with Gasteiger partial charge in [-0.15, -0.1) is 0 Å². The van der Waals surface area contributed by atoms with Crippen LogP contribution in [0.2, 0.25) is 0 Å². The first-order valence-corrected chi connectivity index (χ1v) is 8.42. The van der Waals surface area contributed by atoms with Crippen LogP contribution >= 0.6 is 0 Å². The van der Waals surface area contributed by atoms with Crippen molar-refractivity contribution in [1.29, 1.82) is 0 Å². The van der Waals surface area contributed by atoms with Crippen LogP contribution in [0, 0.1) is 0 Å². The number of fused-ring (bicyclic) bond motifs is 2. The van der Waals surface area contributed by atoms with E-state index in [1.807, 2.05) is 0 Å². The molecule has 0 spiro atoms. The largest absolute Gasteiger partial charge is 0.494 e. The minimum Gasteiger partial charge on any atom is -0.494 e. The highest BCUT2D eigenvalue weighted by atomic mass is 16.5. The van der Waals surface area contributed by atoms with Crippen molar-refractivity contribution in [3.8, 4) is 11.5 Å². The Kier molecular flexibility index (Phi) is 5.34. The molecule has 10 heteroatoms. The summed E-state index contributed by atoms with van der Waals surface area (Å²) in [6, 6.07) is 0. The highest BCUT2D eigenvalue weighted by Gasteiger charge is 2.25. The lowest BCUT2D eigenvalue weighted by Gasteiger charge is -2.17. The summed E-state index contributed by atoms with van der Waals surface area (Å²) in [5, 5.41) is 0.358. The minimum atomic E-state index is -0.357. The second kappa shape index (κ2) is 7.56. The predicted molar refractivity (Wildman–Crippen MR) is 102 cm³/mol. The van der Waals surface area contributed by atoms with Gasteiger partial charge in [-0.1, -0.05) is 0 Å². The van der Waals surface area contributed by atoms with Gasteiger partial charge in [0.25, 0.3) is 11.1 Å². The van der Waals surface area contributed by atoms with E-state index in [2.05, 4.69) is 9.97 Å². The molecule has 0 aliphatic carbocycles. The van der Waals surface area contributed by atoms with E-state index >= 15 is 0 Å². The molecule has 1 aromatic carbocycles. The van der Waals surface area contributed by atoms with Crippen molar-refractivity contribution in [1.82, 2.24) is 19.1 Å². The normalized spacial score (nSPS) is 11.4. The van der Waals surface area contributed by atoms with Gasteiger partial charge in [0.2, 0.25) is 0 Å². The average molecular weight is 390 g/mol. The molecule has 0 bridgehead atoms. The van der Waals surface area contributed by atoms with Crippen LogP contribution in [-0.2, 0) is 36.8 Å². The molecule has 3 rings (SSSR count). The predicted octanol–water partition coefficient (Wildman–Crippen LogP) is 0.490. The number of nitrogens with zero attached hydrogens (tertiary/aromatic N) is 4. The first kappa shape index (κ1) is 19.8. The third-order valence-corrected chi connectivity index (χ3v) is 4.61. The van der Waals surface area contributed by atoms with Crippen molar-refractivity contribution in [2.75, 3.05) is 28.4 Å². The average Bonchev–Trinajstić information content (AvgIpc) is 2.68. The van der Waals surface area contributed by atoms with E-state index in [0.717, 1.165) is 0 Å². The maximum atomic E-state index is 13.1. The van der Waals surface area contributed by atoms with E-state index in [1.54, 1.807) is 14.1 Å². The van der Waals surface area contributed by atoms with E-state index in [1.165, 1.54) is 37.6 Å². The fourth-order valence-corrected chi connectivity index (χ4v) is 3.18. The molecule has 0 atom stereocenters. The summed E-state index contributed by atoms with van der Waals surface area (Å²) in [5.41, 5.74) is -0.268. The van der Waals surface area contributed by atoms with E-state index in [4.69, 9.17) is 18.9 Å². The van der Waals surface area contributed by atoms with E-state index in [9.17, 15) is 9.59 Å². The second-order valence-electron chi connectivity index (χ2n) is 6.16. The Balaban J connectivity index is 2.65. The van der Waals surface area contributed by atoms with Gasteiger partial charge in [-0.25, -0.2) is 9.97 Å². The zero-order valence-electron chi connectivity index (χ0n) is 16.7. The topological polar surface area (TPSA) is 107 Å². The van der Waals surface area contributed by atoms with Crippen molar-refractivity contribution in [3.05, 3.63) is 32.4 Å². The van der Waals surface area contributed by atoms with Crippen molar-refractivity contribution < 1.29 is 18.9 Å². The minimum absolute atomic E-state index is 0.119. The molecule has 0 aliphatic heterocycles. The molecule has 0 saturated heterocycles. The van der Waals surface area contributed by atoms with Crippen LogP contribution < -0.4 is 20.6 Å². The first-order chi connectivity index (χ1) is 13.4. The maximum absolute atomic E-state index is 13.1. The summed E-state index contributed by atoms with van der Waals surface area (Å²) in [6.07, 6.45) is 0. The molecule has 0 saturated carbocycles.